The number of hydrogen-bond acceptors (Lipinski definition) is 3. The molecule has 0 spiro atoms. The van der Waals surface area contributed by atoms with Crippen LogP contribution in [0.15, 0.2) is 54.7 Å². The van der Waals surface area contributed by atoms with Gasteiger partial charge < -0.3 is 9.80 Å². The summed E-state index contributed by atoms with van der Waals surface area (Å²) in [6, 6.07) is 16.5. The van der Waals surface area contributed by atoms with Crippen molar-refractivity contribution >= 4 is 5.91 Å². The Hall–Kier alpha value is -2.20. The van der Waals surface area contributed by atoms with Gasteiger partial charge in [-0.1, -0.05) is 36.4 Å². The summed E-state index contributed by atoms with van der Waals surface area (Å²) in [7, 11) is 0. The first-order valence-electron chi connectivity index (χ1n) is 8.75. The molecule has 1 aliphatic rings. The number of carbonyl (C=O) groups excluding carboxylic acids is 1. The van der Waals surface area contributed by atoms with Crippen LogP contribution in [-0.4, -0.2) is 46.9 Å². The monoisotopic (exact) mass is 323 g/mol. The van der Waals surface area contributed by atoms with Gasteiger partial charge in [0.2, 0.25) is 5.91 Å². The number of aryl methyl sites for hydroxylation is 1. The Morgan fingerprint density at radius 1 is 0.958 bits per heavy atom. The Bertz CT molecular complexity index is 630. The fourth-order valence-electron chi connectivity index (χ4n) is 3.14. The highest BCUT2D eigenvalue weighted by molar-refractivity contribution is 5.76. The molecule has 2 aromatic rings. The molecule has 24 heavy (non-hydrogen) atoms. The molecular formula is C20H25N3O. The summed E-state index contributed by atoms with van der Waals surface area (Å²) in [5, 5.41) is 0. The van der Waals surface area contributed by atoms with E-state index in [1.807, 2.05) is 23.1 Å². The third-order valence-electron chi connectivity index (χ3n) is 4.54. The van der Waals surface area contributed by atoms with Crippen molar-refractivity contribution in [3.63, 3.8) is 0 Å². The lowest BCUT2D eigenvalue weighted by atomic mass is 10.1. The Morgan fingerprint density at radius 2 is 1.79 bits per heavy atom. The number of aromatic nitrogens is 1. The summed E-state index contributed by atoms with van der Waals surface area (Å²) in [6.45, 7) is 4.29. The van der Waals surface area contributed by atoms with Gasteiger partial charge in [0.15, 0.2) is 0 Å². The minimum atomic E-state index is 0.242. The minimum absolute atomic E-state index is 0.242. The summed E-state index contributed by atoms with van der Waals surface area (Å²) in [5.74, 6) is 0.242. The van der Waals surface area contributed by atoms with Gasteiger partial charge in [0.05, 0.1) is 12.2 Å². The van der Waals surface area contributed by atoms with Crippen molar-refractivity contribution in [3.05, 3.63) is 66.0 Å². The predicted molar refractivity (Wildman–Crippen MR) is 95.5 cm³/mol. The topological polar surface area (TPSA) is 36.4 Å². The molecule has 4 nitrogen and oxygen atoms in total. The van der Waals surface area contributed by atoms with Crippen LogP contribution in [0, 0.1) is 0 Å². The highest BCUT2D eigenvalue weighted by Gasteiger charge is 2.20. The van der Waals surface area contributed by atoms with E-state index >= 15 is 0 Å². The standard InChI is InChI=1S/C20H25N3O/c24-20-11-14-22(13-6-9-18-7-2-1-3-8-18)15-16-23(20)17-19-10-4-5-12-21-19/h1-5,7-8,10,12H,6,9,11,13-17H2. The maximum absolute atomic E-state index is 12.3. The van der Waals surface area contributed by atoms with Crippen molar-refractivity contribution in [2.45, 2.75) is 25.8 Å². The van der Waals surface area contributed by atoms with Gasteiger partial charge in [-0.2, -0.15) is 0 Å². The molecule has 126 valence electrons. The molecule has 1 amide bonds. The summed E-state index contributed by atoms with van der Waals surface area (Å²) in [4.78, 5) is 21.0. The largest absolute Gasteiger partial charge is 0.335 e. The summed E-state index contributed by atoms with van der Waals surface area (Å²) >= 11 is 0. The Labute approximate surface area is 144 Å². The van der Waals surface area contributed by atoms with Crippen LogP contribution < -0.4 is 0 Å². The van der Waals surface area contributed by atoms with Crippen molar-refractivity contribution in [1.82, 2.24) is 14.8 Å². The molecule has 0 radical (unpaired) electrons. The zero-order chi connectivity index (χ0) is 16.6. The average Bonchev–Trinajstić information content (AvgIpc) is 2.80. The van der Waals surface area contributed by atoms with Crippen LogP contribution in [0.1, 0.15) is 24.1 Å². The number of benzene rings is 1. The molecule has 4 heteroatoms. The highest BCUT2D eigenvalue weighted by Crippen LogP contribution is 2.10. The lowest BCUT2D eigenvalue weighted by Gasteiger charge is -2.21. The van der Waals surface area contributed by atoms with Crippen LogP contribution in [0.4, 0.5) is 0 Å². The van der Waals surface area contributed by atoms with Crippen LogP contribution in [0.25, 0.3) is 0 Å². The number of carbonyl (C=O) groups is 1. The lowest BCUT2D eigenvalue weighted by molar-refractivity contribution is -0.131. The van der Waals surface area contributed by atoms with E-state index in [9.17, 15) is 4.79 Å². The molecule has 1 aliphatic heterocycles. The molecule has 0 atom stereocenters. The second-order valence-electron chi connectivity index (χ2n) is 6.32. The number of rotatable bonds is 6. The maximum Gasteiger partial charge on any atom is 0.224 e. The van der Waals surface area contributed by atoms with Crippen molar-refractivity contribution in [1.29, 1.82) is 0 Å². The molecule has 0 aliphatic carbocycles. The summed E-state index contributed by atoms with van der Waals surface area (Å²) < 4.78 is 0. The zero-order valence-corrected chi connectivity index (χ0v) is 14.1. The fourth-order valence-corrected chi connectivity index (χ4v) is 3.14. The van der Waals surface area contributed by atoms with E-state index in [-0.39, 0.29) is 5.91 Å². The SMILES string of the molecule is O=C1CCN(CCCc2ccccc2)CCN1Cc1ccccn1. The molecule has 0 unspecified atom stereocenters. The van der Waals surface area contributed by atoms with Gasteiger partial charge in [-0.25, -0.2) is 0 Å². The van der Waals surface area contributed by atoms with Crippen molar-refractivity contribution in [2.24, 2.45) is 0 Å². The minimum Gasteiger partial charge on any atom is -0.335 e. The second-order valence-corrected chi connectivity index (χ2v) is 6.32. The van der Waals surface area contributed by atoms with Crippen molar-refractivity contribution in [2.75, 3.05) is 26.2 Å². The molecule has 1 fully saturated rings. The smallest absolute Gasteiger partial charge is 0.224 e. The molecule has 0 N–H and O–H groups in total. The van der Waals surface area contributed by atoms with E-state index in [4.69, 9.17) is 0 Å². The quantitative estimate of drug-likeness (QED) is 0.820. The third-order valence-corrected chi connectivity index (χ3v) is 4.54. The molecule has 0 bridgehead atoms. The number of nitrogens with zero attached hydrogens (tertiary/aromatic N) is 3. The third kappa shape index (κ3) is 4.90. The van der Waals surface area contributed by atoms with Gasteiger partial charge in [0.25, 0.3) is 0 Å². The van der Waals surface area contributed by atoms with Crippen LogP contribution in [0.5, 0.6) is 0 Å². The van der Waals surface area contributed by atoms with Crippen LogP contribution >= 0.6 is 0 Å². The highest BCUT2D eigenvalue weighted by atomic mass is 16.2. The first kappa shape index (κ1) is 16.7. The van der Waals surface area contributed by atoms with Crippen LogP contribution in [-0.2, 0) is 17.8 Å². The van der Waals surface area contributed by atoms with Gasteiger partial charge in [0.1, 0.15) is 0 Å². The summed E-state index contributed by atoms with van der Waals surface area (Å²) in [6.07, 6.45) is 4.63. The van der Waals surface area contributed by atoms with Gasteiger partial charge in [0, 0.05) is 32.3 Å². The molecule has 1 saturated heterocycles. The van der Waals surface area contributed by atoms with E-state index in [0.29, 0.717) is 13.0 Å². The lowest BCUT2D eigenvalue weighted by Crippen LogP contribution is -2.33. The molecular weight excluding hydrogens is 298 g/mol. The maximum atomic E-state index is 12.3. The van der Waals surface area contributed by atoms with E-state index < -0.39 is 0 Å². The molecule has 3 rings (SSSR count). The van der Waals surface area contributed by atoms with Gasteiger partial charge >= 0.3 is 0 Å². The van der Waals surface area contributed by atoms with Gasteiger partial charge in [-0.3, -0.25) is 9.78 Å². The Morgan fingerprint density at radius 3 is 2.58 bits per heavy atom. The van der Waals surface area contributed by atoms with Crippen LogP contribution in [0.2, 0.25) is 0 Å². The fraction of sp³-hybridized carbons (Fsp3) is 0.400. The van der Waals surface area contributed by atoms with E-state index in [1.165, 1.54) is 5.56 Å². The van der Waals surface area contributed by atoms with Crippen LogP contribution in [0.3, 0.4) is 0 Å². The number of hydrogen-bond donors (Lipinski definition) is 0. The molecule has 0 saturated carbocycles. The summed E-state index contributed by atoms with van der Waals surface area (Å²) in [5.41, 5.74) is 2.35. The average molecular weight is 323 g/mol. The Kier molecular flexibility index (Phi) is 5.96. The number of pyridine rings is 1. The van der Waals surface area contributed by atoms with Crippen molar-refractivity contribution < 1.29 is 4.79 Å². The van der Waals surface area contributed by atoms with Crippen molar-refractivity contribution in [3.8, 4) is 0 Å². The van der Waals surface area contributed by atoms with Gasteiger partial charge in [-0.15, -0.1) is 0 Å². The molecule has 1 aromatic heterocycles. The predicted octanol–water partition coefficient (Wildman–Crippen LogP) is 2.75. The first-order chi connectivity index (χ1) is 11.8. The Balaban J connectivity index is 1.46. The molecule has 1 aromatic carbocycles. The normalized spacial score (nSPS) is 16.2. The number of amides is 1. The zero-order valence-electron chi connectivity index (χ0n) is 14.1. The van der Waals surface area contributed by atoms with Gasteiger partial charge in [-0.05, 0) is 37.1 Å². The van der Waals surface area contributed by atoms with E-state index in [1.54, 1.807) is 6.20 Å². The second kappa shape index (κ2) is 8.60. The first-order valence-corrected chi connectivity index (χ1v) is 8.75. The molecule has 2 heterocycles. The van der Waals surface area contributed by atoms with E-state index in [2.05, 4.69) is 40.2 Å². The van der Waals surface area contributed by atoms with E-state index in [0.717, 1.165) is 44.7 Å².